The number of hydrogen-bond donors (Lipinski definition) is 1. The molecular formula is C21H26ClN3O4S. The van der Waals surface area contributed by atoms with Gasteiger partial charge in [0.2, 0.25) is 15.9 Å². The summed E-state index contributed by atoms with van der Waals surface area (Å²) in [5.41, 5.74) is 2.40. The molecule has 0 radical (unpaired) electrons. The van der Waals surface area contributed by atoms with Crippen LogP contribution in [0.3, 0.4) is 0 Å². The zero-order chi connectivity index (χ0) is 21.7. The van der Waals surface area contributed by atoms with Crippen LogP contribution in [0, 0.1) is 0 Å². The molecule has 2 aromatic carbocycles. The van der Waals surface area contributed by atoms with E-state index in [4.69, 9.17) is 16.3 Å². The van der Waals surface area contributed by atoms with Gasteiger partial charge in [-0.1, -0.05) is 29.8 Å². The number of anilines is 2. The van der Waals surface area contributed by atoms with Crippen molar-refractivity contribution in [3.63, 3.8) is 0 Å². The molecule has 30 heavy (non-hydrogen) atoms. The first-order valence-corrected chi connectivity index (χ1v) is 11.9. The molecule has 1 aliphatic heterocycles. The number of carbonyl (C=O) groups is 1. The first-order valence-electron chi connectivity index (χ1n) is 9.70. The summed E-state index contributed by atoms with van der Waals surface area (Å²) in [6.07, 6.45) is 1.07. The summed E-state index contributed by atoms with van der Waals surface area (Å²) >= 11 is 6.00. The van der Waals surface area contributed by atoms with E-state index in [-0.39, 0.29) is 0 Å². The third-order valence-corrected chi connectivity index (χ3v) is 6.41. The minimum Gasteiger partial charge on any atom is -0.378 e. The zero-order valence-corrected chi connectivity index (χ0v) is 18.6. The number of nitrogens with one attached hydrogen (secondary N) is 1. The monoisotopic (exact) mass is 451 g/mol. The van der Waals surface area contributed by atoms with Gasteiger partial charge in [-0.05, 0) is 42.8 Å². The maximum absolute atomic E-state index is 12.7. The van der Waals surface area contributed by atoms with E-state index in [0.29, 0.717) is 17.3 Å². The molecule has 0 saturated carbocycles. The van der Waals surface area contributed by atoms with Crippen molar-refractivity contribution in [2.75, 3.05) is 41.8 Å². The molecule has 1 saturated heterocycles. The summed E-state index contributed by atoms with van der Waals surface area (Å²) < 4.78 is 31.1. The molecule has 162 valence electrons. The molecule has 0 bridgehead atoms. The van der Waals surface area contributed by atoms with Crippen LogP contribution in [0.25, 0.3) is 0 Å². The summed E-state index contributed by atoms with van der Waals surface area (Å²) in [5.74, 6) is -0.391. The van der Waals surface area contributed by atoms with E-state index in [2.05, 4.69) is 10.2 Å². The Morgan fingerprint density at radius 2 is 1.87 bits per heavy atom. The van der Waals surface area contributed by atoms with Gasteiger partial charge >= 0.3 is 0 Å². The highest BCUT2D eigenvalue weighted by Crippen LogP contribution is 2.24. The van der Waals surface area contributed by atoms with Crippen molar-refractivity contribution in [3.05, 3.63) is 59.1 Å². The average molecular weight is 452 g/mol. The van der Waals surface area contributed by atoms with Crippen molar-refractivity contribution in [1.29, 1.82) is 0 Å². The summed E-state index contributed by atoms with van der Waals surface area (Å²) in [7, 11) is -3.68. The van der Waals surface area contributed by atoms with Gasteiger partial charge in [-0.3, -0.25) is 9.10 Å². The fraction of sp³-hybridized carbons (Fsp3) is 0.381. The van der Waals surface area contributed by atoms with E-state index >= 15 is 0 Å². The molecule has 0 aliphatic carbocycles. The molecule has 1 amide bonds. The number of halogens is 1. The van der Waals surface area contributed by atoms with Crippen LogP contribution in [0.1, 0.15) is 12.5 Å². The number of rotatable bonds is 7. The highest BCUT2D eigenvalue weighted by molar-refractivity contribution is 7.92. The molecule has 1 aliphatic rings. The number of morpholine rings is 1. The van der Waals surface area contributed by atoms with Gasteiger partial charge in [-0.15, -0.1) is 0 Å². The van der Waals surface area contributed by atoms with Gasteiger partial charge in [-0.2, -0.15) is 0 Å². The molecule has 7 nitrogen and oxygen atoms in total. The molecule has 0 aromatic heterocycles. The Kier molecular flexibility index (Phi) is 7.23. The lowest BCUT2D eigenvalue weighted by atomic mass is 10.1. The van der Waals surface area contributed by atoms with E-state index in [1.807, 2.05) is 24.3 Å². The molecule has 2 aromatic rings. The minimum atomic E-state index is -3.68. The second-order valence-corrected chi connectivity index (χ2v) is 9.49. The predicted octanol–water partition coefficient (Wildman–Crippen LogP) is 2.65. The van der Waals surface area contributed by atoms with Gasteiger partial charge in [0.1, 0.15) is 6.04 Å². The maximum atomic E-state index is 12.7. The Morgan fingerprint density at radius 3 is 2.47 bits per heavy atom. The second-order valence-electron chi connectivity index (χ2n) is 7.20. The number of nitrogens with zero attached hydrogens (tertiary/aromatic N) is 2. The van der Waals surface area contributed by atoms with Crippen molar-refractivity contribution in [2.24, 2.45) is 0 Å². The van der Waals surface area contributed by atoms with Gasteiger partial charge < -0.3 is 15.0 Å². The molecule has 1 atom stereocenters. The fourth-order valence-electron chi connectivity index (χ4n) is 3.41. The topological polar surface area (TPSA) is 79.0 Å². The van der Waals surface area contributed by atoms with E-state index in [1.165, 1.54) is 6.07 Å². The van der Waals surface area contributed by atoms with Crippen LogP contribution in [0.2, 0.25) is 5.02 Å². The predicted molar refractivity (Wildman–Crippen MR) is 120 cm³/mol. The maximum Gasteiger partial charge on any atom is 0.243 e. The van der Waals surface area contributed by atoms with Gasteiger partial charge in [0, 0.05) is 30.3 Å². The number of ether oxygens (including phenoxy) is 1. The minimum absolute atomic E-state index is 0.305. The summed E-state index contributed by atoms with van der Waals surface area (Å²) in [6, 6.07) is 13.5. The normalized spacial score (nSPS) is 15.5. The Hall–Kier alpha value is -2.29. The Morgan fingerprint density at radius 1 is 1.20 bits per heavy atom. The van der Waals surface area contributed by atoms with Crippen molar-refractivity contribution in [3.8, 4) is 0 Å². The number of benzene rings is 2. The van der Waals surface area contributed by atoms with Crippen LogP contribution in [0.15, 0.2) is 48.5 Å². The Balaban J connectivity index is 1.65. The number of hydrogen-bond acceptors (Lipinski definition) is 5. The Bertz CT molecular complexity index is 976. The van der Waals surface area contributed by atoms with Crippen LogP contribution < -0.4 is 14.5 Å². The van der Waals surface area contributed by atoms with Crippen LogP contribution in [-0.4, -0.2) is 52.9 Å². The molecule has 3 rings (SSSR count). The zero-order valence-electron chi connectivity index (χ0n) is 17.0. The van der Waals surface area contributed by atoms with Crippen molar-refractivity contribution < 1.29 is 17.9 Å². The van der Waals surface area contributed by atoms with E-state index in [9.17, 15) is 13.2 Å². The van der Waals surface area contributed by atoms with Crippen LogP contribution in [0.4, 0.5) is 11.4 Å². The van der Waals surface area contributed by atoms with Gasteiger partial charge in [0.25, 0.3) is 0 Å². The molecule has 1 heterocycles. The standard InChI is InChI=1S/C21H26ClN3O4S/c1-16(25(30(2,27)28)20-5-3-4-18(22)14-20)21(26)23-15-17-6-8-19(9-7-17)24-10-12-29-13-11-24/h3-9,14,16H,10-13,15H2,1-2H3,(H,23,26). The number of sulfonamides is 1. The van der Waals surface area contributed by atoms with Crippen LogP contribution in [-0.2, 0) is 26.1 Å². The first-order chi connectivity index (χ1) is 14.3. The van der Waals surface area contributed by atoms with Crippen molar-refractivity contribution >= 4 is 38.9 Å². The smallest absolute Gasteiger partial charge is 0.243 e. The third-order valence-electron chi connectivity index (χ3n) is 4.93. The van der Waals surface area contributed by atoms with Crippen molar-refractivity contribution in [2.45, 2.75) is 19.5 Å². The van der Waals surface area contributed by atoms with Gasteiger partial charge in [0.15, 0.2) is 0 Å². The highest BCUT2D eigenvalue weighted by Gasteiger charge is 2.29. The molecule has 1 N–H and O–H groups in total. The van der Waals surface area contributed by atoms with E-state index in [1.54, 1.807) is 25.1 Å². The molecule has 1 fully saturated rings. The van der Waals surface area contributed by atoms with Crippen LogP contribution in [0.5, 0.6) is 0 Å². The number of amides is 1. The van der Waals surface area contributed by atoms with E-state index < -0.39 is 22.0 Å². The van der Waals surface area contributed by atoms with Crippen LogP contribution >= 0.6 is 11.6 Å². The molecular weight excluding hydrogens is 426 g/mol. The highest BCUT2D eigenvalue weighted by atomic mass is 35.5. The lowest BCUT2D eigenvalue weighted by Gasteiger charge is -2.29. The summed E-state index contributed by atoms with van der Waals surface area (Å²) in [5, 5.41) is 3.22. The summed E-state index contributed by atoms with van der Waals surface area (Å²) in [6.45, 7) is 5.02. The van der Waals surface area contributed by atoms with Gasteiger partial charge in [-0.25, -0.2) is 8.42 Å². The quantitative estimate of drug-likeness (QED) is 0.700. The molecule has 9 heteroatoms. The SMILES string of the molecule is CC(C(=O)NCc1ccc(N2CCOCC2)cc1)N(c1cccc(Cl)c1)S(C)(=O)=O. The third kappa shape index (κ3) is 5.65. The second kappa shape index (κ2) is 9.68. The number of carbonyl (C=O) groups excluding carboxylic acids is 1. The lowest BCUT2D eigenvalue weighted by molar-refractivity contribution is -0.122. The van der Waals surface area contributed by atoms with Crippen molar-refractivity contribution in [1.82, 2.24) is 5.32 Å². The van der Waals surface area contributed by atoms with Gasteiger partial charge in [0.05, 0.1) is 25.2 Å². The molecule has 1 unspecified atom stereocenters. The summed E-state index contributed by atoms with van der Waals surface area (Å²) in [4.78, 5) is 15.0. The average Bonchev–Trinajstić information content (AvgIpc) is 2.72. The van der Waals surface area contributed by atoms with E-state index in [0.717, 1.165) is 48.1 Å². The Labute approximate surface area is 182 Å². The fourth-order valence-corrected chi connectivity index (χ4v) is 4.76. The first kappa shape index (κ1) is 22.4. The lowest BCUT2D eigenvalue weighted by Crippen LogP contribution is -2.47. The largest absolute Gasteiger partial charge is 0.378 e. The molecule has 0 spiro atoms.